The number of benzene rings is 1. The summed E-state index contributed by atoms with van der Waals surface area (Å²) in [6.45, 7) is 0.0879. The molecule has 2 aromatic rings. The predicted molar refractivity (Wildman–Crippen MR) is 106 cm³/mol. The molecule has 0 saturated carbocycles. The quantitative estimate of drug-likeness (QED) is 0.425. The summed E-state index contributed by atoms with van der Waals surface area (Å²) >= 11 is 11.2. The van der Waals surface area contributed by atoms with Gasteiger partial charge in [0.2, 0.25) is 0 Å². The fourth-order valence-electron chi connectivity index (χ4n) is 2.66. The van der Waals surface area contributed by atoms with Crippen molar-refractivity contribution in [3.05, 3.63) is 52.8 Å². The third-order valence-corrected chi connectivity index (χ3v) is 4.66. The Morgan fingerprint density at radius 3 is 2.71 bits per heavy atom. The number of hydrogen-bond acceptors (Lipinski definition) is 5. The third kappa shape index (κ3) is 4.29. The molecule has 1 saturated heterocycles. The first-order valence-electron chi connectivity index (χ1n) is 8.32. The van der Waals surface area contributed by atoms with Crippen LogP contribution >= 0.6 is 23.8 Å². The van der Waals surface area contributed by atoms with E-state index in [1.54, 1.807) is 30.3 Å². The highest BCUT2D eigenvalue weighted by Crippen LogP contribution is 2.30. The van der Waals surface area contributed by atoms with E-state index < -0.39 is 17.8 Å². The summed E-state index contributed by atoms with van der Waals surface area (Å²) in [6.07, 6.45) is 1.42. The van der Waals surface area contributed by atoms with Crippen LogP contribution in [0.2, 0.25) is 5.02 Å². The molecule has 144 valence electrons. The zero-order valence-corrected chi connectivity index (χ0v) is 16.0. The molecule has 0 radical (unpaired) electrons. The smallest absolute Gasteiger partial charge is 0.303 e. The van der Waals surface area contributed by atoms with Gasteiger partial charge >= 0.3 is 5.97 Å². The van der Waals surface area contributed by atoms with E-state index in [-0.39, 0.29) is 30.1 Å². The summed E-state index contributed by atoms with van der Waals surface area (Å²) in [5.41, 5.74) is 0.536. The van der Waals surface area contributed by atoms with E-state index in [1.165, 1.54) is 11.0 Å². The molecule has 7 nitrogen and oxygen atoms in total. The van der Waals surface area contributed by atoms with E-state index in [0.717, 1.165) is 0 Å². The fraction of sp³-hybridized carbons (Fsp3) is 0.158. The number of aliphatic carboxylic acids is 1. The van der Waals surface area contributed by atoms with E-state index in [4.69, 9.17) is 33.3 Å². The van der Waals surface area contributed by atoms with Crippen molar-refractivity contribution in [2.45, 2.75) is 12.8 Å². The standard InChI is InChI=1S/C19H15ClN2O5S/c20-14-5-2-1-4-12(14)15-8-7-11(27-15)10-13-17(25)21-19(28)22(18(13)26)9-3-6-16(23)24/h1-2,4-5,7-8,10H,3,6,9H2,(H,23,24)(H,21,25,28). The molecule has 1 aromatic carbocycles. The van der Waals surface area contributed by atoms with Crippen LogP contribution in [-0.2, 0) is 14.4 Å². The molecule has 0 bridgehead atoms. The van der Waals surface area contributed by atoms with Gasteiger partial charge in [-0.25, -0.2) is 0 Å². The summed E-state index contributed by atoms with van der Waals surface area (Å²) in [5, 5.41) is 11.6. The molecule has 1 aliphatic heterocycles. The Hall–Kier alpha value is -2.97. The maximum Gasteiger partial charge on any atom is 0.303 e. The number of thiocarbonyl (C=S) groups is 1. The molecule has 3 rings (SSSR count). The molecule has 2 N–H and O–H groups in total. The summed E-state index contributed by atoms with van der Waals surface area (Å²) in [7, 11) is 0. The Morgan fingerprint density at radius 2 is 2.00 bits per heavy atom. The third-order valence-electron chi connectivity index (χ3n) is 4.01. The average Bonchev–Trinajstić information content (AvgIpc) is 3.10. The predicted octanol–water partition coefficient (Wildman–Crippen LogP) is 3.09. The zero-order chi connectivity index (χ0) is 20.3. The molecular formula is C19H15ClN2O5S. The van der Waals surface area contributed by atoms with Crippen LogP contribution in [0.1, 0.15) is 18.6 Å². The van der Waals surface area contributed by atoms with Crippen molar-refractivity contribution in [2.24, 2.45) is 0 Å². The van der Waals surface area contributed by atoms with Crippen LogP contribution in [0.5, 0.6) is 0 Å². The number of rotatable bonds is 6. The topological polar surface area (TPSA) is 99.8 Å². The van der Waals surface area contributed by atoms with Gasteiger partial charge in [0.1, 0.15) is 17.1 Å². The molecule has 0 atom stereocenters. The van der Waals surface area contributed by atoms with E-state index in [9.17, 15) is 14.4 Å². The zero-order valence-electron chi connectivity index (χ0n) is 14.5. The van der Waals surface area contributed by atoms with Crippen LogP contribution in [0.3, 0.4) is 0 Å². The van der Waals surface area contributed by atoms with Crippen molar-refractivity contribution in [1.82, 2.24) is 10.2 Å². The van der Waals surface area contributed by atoms with Crippen LogP contribution in [0.15, 0.2) is 46.4 Å². The Labute approximate surface area is 170 Å². The number of nitrogens with one attached hydrogen (secondary N) is 1. The first-order valence-corrected chi connectivity index (χ1v) is 9.11. The molecule has 1 aliphatic rings. The largest absolute Gasteiger partial charge is 0.481 e. The van der Waals surface area contributed by atoms with Gasteiger partial charge < -0.3 is 9.52 Å². The van der Waals surface area contributed by atoms with Gasteiger partial charge in [-0.2, -0.15) is 0 Å². The van der Waals surface area contributed by atoms with Crippen LogP contribution in [0.25, 0.3) is 17.4 Å². The van der Waals surface area contributed by atoms with Crippen LogP contribution in [0.4, 0.5) is 0 Å². The van der Waals surface area contributed by atoms with Gasteiger partial charge in [-0.15, -0.1) is 0 Å². The monoisotopic (exact) mass is 418 g/mol. The lowest BCUT2D eigenvalue weighted by Crippen LogP contribution is -2.54. The molecule has 0 unspecified atom stereocenters. The van der Waals surface area contributed by atoms with Crippen LogP contribution in [0, 0.1) is 0 Å². The fourth-order valence-corrected chi connectivity index (χ4v) is 3.16. The van der Waals surface area contributed by atoms with Crippen molar-refractivity contribution >= 4 is 52.8 Å². The van der Waals surface area contributed by atoms with E-state index in [0.29, 0.717) is 22.1 Å². The Kier molecular flexibility index (Phi) is 5.91. The van der Waals surface area contributed by atoms with Gasteiger partial charge in [0.25, 0.3) is 11.8 Å². The lowest BCUT2D eigenvalue weighted by Gasteiger charge is -2.28. The number of carboxylic acid groups (broad SMARTS) is 1. The SMILES string of the molecule is O=C(O)CCCN1C(=O)C(=Cc2ccc(-c3ccccc3Cl)o2)C(=O)NC1=S. The van der Waals surface area contributed by atoms with Crippen molar-refractivity contribution < 1.29 is 23.9 Å². The molecule has 0 aliphatic carbocycles. The minimum Gasteiger partial charge on any atom is -0.481 e. The van der Waals surface area contributed by atoms with E-state index in [1.807, 2.05) is 6.07 Å². The number of amides is 2. The number of carbonyl (C=O) groups excluding carboxylic acids is 2. The molecule has 9 heteroatoms. The van der Waals surface area contributed by atoms with Gasteiger partial charge in [-0.3, -0.25) is 24.6 Å². The molecule has 1 fully saturated rings. The molecule has 2 amide bonds. The molecular weight excluding hydrogens is 404 g/mol. The second kappa shape index (κ2) is 8.37. The highest BCUT2D eigenvalue weighted by atomic mass is 35.5. The maximum atomic E-state index is 12.7. The number of halogens is 1. The molecule has 2 heterocycles. The minimum absolute atomic E-state index is 0.0475. The average molecular weight is 419 g/mol. The van der Waals surface area contributed by atoms with E-state index in [2.05, 4.69) is 5.32 Å². The minimum atomic E-state index is -0.974. The number of carboxylic acids is 1. The number of nitrogens with zero attached hydrogens (tertiary/aromatic N) is 1. The first kappa shape index (κ1) is 19.8. The van der Waals surface area contributed by atoms with Crippen LogP contribution in [-0.4, -0.2) is 39.4 Å². The van der Waals surface area contributed by atoms with Crippen molar-refractivity contribution in [1.29, 1.82) is 0 Å². The highest BCUT2D eigenvalue weighted by molar-refractivity contribution is 7.80. The normalized spacial score (nSPS) is 15.8. The summed E-state index contributed by atoms with van der Waals surface area (Å²) in [5.74, 6) is -1.42. The number of carbonyl (C=O) groups is 3. The maximum absolute atomic E-state index is 12.7. The Balaban J connectivity index is 1.83. The van der Waals surface area contributed by atoms with Crippen molar-refractivity contribution in [3.8, 4) is 11.3 Å². The Bertz CT molecular complexity index is 998. The number of furan rings is 1. The number of hydrogen-bond donors (Lipinski definition) is 2. The Morgan fingerprint density at radius 1 is 1.25 bits per heavy atom. The molecule has 0 spiro atoms. The second-order valence-corrected chi connectivity index (χ2v) is 6.75. The second-order valence-electron chi connectivity index (χ2n) is 5.95. The van der Waals surface area contributed by atoms with Crippen molar-refractivity contribution in [2.75, 3.05) is 6.54 Å². The van der Waals surface area contributed by atoms with E-state index >= 15 is 0 Å². The van der Waals surface area contributed by atoms with Gasteiger partial charge in [0, 0.05) is 18.5 Å². The lowest BCUT2D eigenvalue weighted by molar-refractivity contribution is -0.137. The highest BCUT2D eigenvalue weighted by Gasteiger charge is 2.33. The van der Waals surface area contributed by atoms with Gasteiger partial charge in [0.15, 0.2) is 5.11 Å². The summed E-state index contributed by atoms with van der Waals surface area (Å²) in [4.78, 5) is 36.7. The lowest BCUT2D eigenvalue weighted by atomic mass is 10.1. The summed E-state index contributed by atoms with van der Waals surface area (Å²) < 4.78 is 5.70. The van der Waals surface area contributed by atoms with Gasteiger partial charge in [0.05, 0.1) is 5.02 Å². The molecule has 1 aromatic heterocycles. The molecule has 28 heavy (non-hydrogen) atoms. The summed E-state index contributed by atoms with van der Waals surface area (Å²) in [6, 6.07) is 10.4. The van der Waals surface area contributed by atoms with Crippen molar-refractivity contribution in [3.63, 3.8) is 0 Å². The van der Waals surface area contributed by atoms with Crippen LogP contribution < -0.4 is 5.32 Å². The first-order chi connectivity index (χ1) is 13.4. The van der Waals surface area contributed by atoms with Gasteiger partial charge in [-0.05, 0) is 49.0 Å². The van der Waals surface area contributed by atoms with Gasteiger partial charge in [-0.1, -0.05) is 23.7 Å².